The van der Waals surface area contributed by atoms with E-state index in [1.807, 2.05) is 0 Å². The van der Waals surface area contributed by atoms with Crippen LogP contribution in [0.5, 0.6) is 0 Å². The highest BCUT2D eigenvalue weighted by Gasteiger charge is 2.11. The average Bonchev–Trinajstić information content (AvgIpc) is 2.44. The van der Waals surface area contributed by atoms with Gasteiger partial charge in [-0.1, -0.05) is 0 Å². The quantitative estimate of drug-likeness (QED) is 0.752. The lowest BCUT2D eigenvalue weighted by Crippen LogP contribution is -2.38. The largest absolute Gasteiger partial charge is 0.379 e. The Bertz CT molecular complexity index is 507. The topological polar surface area (TPSA) is 74.4 Å². The van der Waals surface area contributed by atoms with Crippen LogP contribution >= 0.6 is 0 Å². The number of pyridine rings is 1. The van der Waals surface area contributed by atoms with Crippen molar-refractivity contribution in [1.29, 1.82) is 0 Å². The summed E-state index contributed by atoms with van der Waals surface area (Å²) in [7, 11) is 0. The molecule has 110 valence electrons. The van der Waals surface area contributed by atoms with E-state index in [4.69, 9.17) is 4.74 Å². The number of aromatic nitrogens is 1. The number of hydrogen-bond donors (Lipinski definition) is 2. The summed E-state index contributed by atoms with van der Waals surface area (Å²) in [6.07, 6.45) is 0.871. The molecule has 0 atom stereocenters. The summed E-state index contributed by atoms with van der Waals surface area (Å²) in [5, 5.41) is 2.78. The van der Waals surface area contributed by atoms with E-state index in [2.05, 4.69) is 15.2 Å². The van der Waals surface area contributed by atoms with Gasteiger partial charge in [0.05, 0.1) is 13.2 Å². The number of amides is 1. The lowest BCUT2D eigenvalue weighted by atomic mass is 10.2. The molecule has 2 rings (SSSR count). The van der Waals surface area contributed by atoms with Crippen LogP contribution in [0.1, 0.15) is 22.5 Å². The van der Waals surface area contributed by atoms with E-state index in [9.17, 15) is 9.59 Å². The summed E-state index contributed by atoms with van der Waals surface area (Å²) in [5.74, 6) is -0.312. The van der Waals surface area contributed by atoms with Gasteiger partial charge in [0.15, 0.2) is 0 Å². The minimum Gasteiger partial charge on any atom is -0.379 e. The summed E-state index contributed by atoms with van der Waals surface area (Å²) >= 11 is 0. The zero-order valence-corrected chi connectivity index (χ0v) is 11.8. The Kier molecular flexibility index (Phi) is 5.31. The number of aromatic amines is 1. The zero-order chi connectivity index (χ0) is 14.4. The summed E-state index contributed by atoms with van der Waals surface area (Å²) in [6, 6.07) is 3.29. The number of morpholine rings is 1. The predicted octanol–water partition coefficient (Wildman–Crippen LogP) is 0.135. The Morgan fingerprint density at radius 1 is 1.40 bits per heavy atom. The number of nitrogens with one attached hydrogen (secondary N) is 2. The SMILES string of the molecule is Cc1ccc(C(=O)NCCCN2CCOCC2)c(=O)[nH]1. The Hall–Kier alpha value is -1.66. The van der Waals surface area contributed by atoms with Crippen molar-refractivity contribution in [3.8, 4) is 0 Å². The first-order valence-corrected chi connectivity index (χ1v) is 6.95. The molecule has 1 aliphatic rings. The molecule has 1 saturated heterocycles. The minimum absolute atomic E-state index is 0.168. The number of carbonyl (C=O) groups excluding carboxylic acids is 1. The fourth-order valence-corrected chi connectivity index (χ4v) is 2.18. The van der Waals surface area contributed by atoms with Crippen molar-refractivity contribution in [2.45, 2.75) is 13.3 Å². The van der Waals surface area contributed by atoms with Gasteiger partial charge < -0.3 is 15.0 Å². The van der Waals surface area contributed by atoms with Gasteiger partial charge in [-0.05, 0) is 32.0 Å². The van der Waals surface area contributed by atoms with Gasteiger partial charge in [-0.15, -0.1) is 0 Å². The molecular formula is C14H21N3O3. The van der Waals surface area contributed by atoms with Crippen LogP contribution in [0.3, 0.4) is 0 Å². The number of hydrogen-bond acceptors (Lipinski definition) is 4. The van der Waals surface area contributed by atoms with E-state index in [1.54, 1.807) is 19.1 Å². The highest BCUT2D eigenvalue weighted by atomic mass is 16.5. The van der Waals surface area contributed by atoms with Crippen molar-refractivity contribution in [3.63, 3.8) is 0 Å². The Morgan fingerprint density at radius 2 is 2.15 bits per heavy atom. The highest BCUT2D eigenvalue weighted by molar-refractivity contribution is 5.93. The van der Waals surface area contributed by atoms with E-state index in [-0.39, 0.29) is 17.0 Å². The van der Waals surface area contributed by atoms with E-state index < -0.39 is 0 Å². The molecule has 0 saturated carbocycles. The number of aryl methyl sites for hydroxylation is 1. The number of rotatable bonds is 5. The van der Waals surface area contributed by atoms with Crippen molar-refractivity contribution >= 4 is 5.91 Å². The molecule has 1 aromatic heterocycles. The summed E-state index contributed by atoms with van der Waals surface area (Å²) in [5.41, 5.74) is 0.580. The van der Waals surface area contributed by atoms with Crippen LogP contribution in [0.4, 0.5) is 0 Å². The monoisotopic (exact) mass is 279 g/mol. The van der Waals surface area contributed by atoms with Crippen LogP contribution < -0.4 is 10.9 Å². The van der Waals surface area contributed by atoms with Gasteiger partial charge in [0.1, 0.15) is 5.56 Å². The molecule has 2 N–H and O–H groups in total. The molecule has 0 bridgehead atoms. The maximum atomic E-state index is 11.9. The molecule has 6 heteroatoms. The van der Waals surface area contributed by atoms with Crippen molar-refractivity contribution in [1.82, 2.24) is 15.2 Å². The van der Waals surface area contributed by atoms with Crippen molar-refractivity contribution in [2.75, 3.05) is 39.4 Å². The summed E-state index contributed by atoms with van der Waals surface area (Å²) < 4.78 is 5.28. The second-order valence-electron chi connectivity index (χ2n) is 4.95. The third kappa shape index (κ3) is 4.18. The lowest BCUT2D eigenvalue weighted by Gasteiger charge is -2.26. The maximum Gasteiger partial charge on any atom is 0.260 e. The van der Waals surface area contributed by atoms with Crippen LogP contribution in [0.15, 0.2) is 16.9 Å². The molecule has 0 spiro atoms. The van der Waals surface area contributed by atoms with Gasteiger partial charge in [0.25, 0.3) is 11.5 Å². The van der Waals surface area contributed by atoms with Gasteiger partial charge >= 0.3 is 0 Å². The molecule has 1 aliphatic heterocycles. The molecule has 20 heavy (non-hydrogen) atoms. The Balaban J connectivity index is 1.73. The molecular weight excluding hydrogens is 258 g/mol. The molecule has 2 heterocycles. The van der Waals surface area contributed by atoms with Gasteiger partial charge in [0, 0.05) is 25.3 Å². The summed E-state index contributed by atoms with van der Waals surface area (Å²) in [6.45, 7) is 6.76. The van der Waals surface area contributed by atoms with Crippen molar-refractivity contribution in [2.24, 2.45) is 0 Å². The first kappa shape index (κ1) is 14.7. The minimum atomic E-state index is -0.337. The van der Waals surface area contributed by atoms with E-state index >= 15 is 0 Å². The standard InChI is InChI=1S/C14H21N3O3/c1-11-3-4-12(14(19)16-11)13(18)15-5-2-6-17-7-9-20-10-8-17/h3-4H,2,5-10H2,1H3,(H,15,18)(H,16,19). The van der Waals surface area contributed by atoms with Crippen LogP contribution in [-0.4, -0.2) is 55.2 Å². The van der Waals surface area contributed by atoms with E-state index in [0.717, 1.165) is 45.0 Å². The van der Waals surface area contributed by atoms with Gasteiger partial charge in [-0.25, -0.2) is 0 Å². The fraction of sp³-hybridized carbons (Fsp3) is 0.571. The first-order chi connectivity index (χ1) is 9.66. The third-order valence-electron chi connectivity index (χ3n) is 3.34. The number of nitrogens with zero attached hydrogens (tertiary/aromatic N) is 1. The Morgan fingerprint density at radius 3 is 2.85 bits per heavy atom. The van der Waals surface area contributed by atoms with Crippen LogP contribution in [0, 0.1) is 6.92 Å². The molecule has 0 unspecified atom stereocenters. The maximum absolute atomic E-state index is 11.9. The van der Waals surface area contributed by atoms with Crippen LogP contribution in [0.25, 0.3) is 0 Å². The van der Waals surface area contributed by atoms with E-state index in [1.165, 1.54) is 0 Å². The fourth-order valence-electron chi connectivity index (χ4n) is 2.18. The Labute approximate surface area is 118 Å². The van der Waals surface area contributed by atoms with E-state index in [0.29, 0.717) is 6.54 Å². The number of carbonyl (C=O) groups is 1. The molecule has 0 aromatic carbocycles. The van der Waals surface area contributed by atoms with Crippen molar-refractivity contribution in [3.05, 3.63) is 33.7 Å². The van der Waals surface area contributed by atoms with Gasteiger partial charge in [-0.2, -0.15) is 0 Å². The van der Waals surface area contributed by atoms with Crippen LogP contribution in [-0.2, 0) is 4.74 Å². The van der Waals surface area contributed by atoms with Gasteiger partial charge in [-0.3, -0.25) is 14.5 Å². The predicted molar refractivity (Wildman–Crippen MR) is 76.0 cm³/mol. The summed E-state index contributed by atoms with van der Waals surface area (Å²) in [4.78, 5) is 28.4. The number of ether oxygens (including phenoxy) is 1. The zero-order valence-electron chi connectivity index (χ0n) is 11.8. The third-order valence-corrected chi connectivity index (χ3v) is 3.34. The normalized spacial score (nSPS) is 16.1. The smallest absolute Gasteiger partial charge is 0.260 e. The molecule has 0 radical (unpaired) electrons. The number of H-pyrrole nitrogens is 1. The second kappa shape index (κ2) is 7.21. The van der Waals surface area contributed by atoms with Crippen molar-refractivity contribution < 1.29 is 9.53 Å². The highest BCUT2D eigenvalue weighted by Crippen LogP contribution is 1.98. The molecule has 0 aliphatic carbocycles. The lowest BCUT2D eigenvalue weighted by molar-refractivity contribution is 0.0374. The second-order valence-corrected chi connectivity index (χ2v) is 4.95. The molecule has 1 amide bonds. The molecule has 6 nitrogen and oxygen atoms in total. The first-order valence-electron chi connectivity index (χ1n) is 6.95. The molecule has 1 aromatic rings. The average molecular weight is 279 g/mol. The molecule has 1 fully saturated rings. The van der Waals surface area contributed by atoms with Crippen LogP contribution in [0.2, 0.25) is 0 Å². The van der Waals surface area contributed by atoms with Gasteiger partial charge in [0.2, 0.25) is 0 Å².